The molecule has 0 spiro atoms. The van der Waals surface area contributed by atoms with Crippen LogP contribution in [0.1, 0.15) is 24.3 Å². The lowest BCUT2D eigenvalue weighted by Gasteiger charge is -2.27. The van der Waals surface area contributed by atoms with Gasteiger partial charge >= 0.3 is 5.97 Å². The Bertz CT molecular complexity index is 517. The van der Waals surface area contributed by atoms with E-state index in [-0.39, 0.29) is 18.6 Å². The zero-order chi connectivity index (χ0) is 14.0. The molecule has 1 saturated carbocycles. The van der Waals surface area contributed by atoms with Crippen LogP contribution in [0.2, 0.25) is 0 Å². The van der Waals surface area contributed by atoms with Gasteiger partial charge in [0.1, 0.15) is 17.5 Å². The number of carboxylic acids is 1. The van der Waals surface area contributed by atoms with Gasteiger partial charge in [-0.15, -0.1) is 0 Å². The normalized spacial score (nSPS) is 23.2. The van der Waals surface area contributed by atoms with Gasteiger partial charge in [0.2, 0.25) is 0 Å². The molecule has 2 unspecified atom stereocenters. The van der Waals surface area contributed by atoms with Crippen LogP contribution in [0.25, 0.3) is 0 Å². The molecule has 0 aliphatic heterocycles. The minimum absolute atomic E-state index is 0.0923. The zero-order valence-corrected chi connectivity index (χ0v) is 10.5. The first-order chi connectivity index (χ1) is 9.02. The number of methoxy groups -OCH3 is 1. The van der Waals surface area contributed by atoms with Crippen molar-refractivity contribution in [3.63, 3.8) is 0 Å². The highest BCUT2D eigenvalue weighted by Crippen LogP contribution is 2.35. The number of ether oxygens (including phenoxy) is 1. The van der Waals surface area contributed by atoms with E-state index >= 15 is 0 Å². The van der Waals surface area contributed by atoms with E-state index in [4.69, 9.17) is 4.74 Å². The molecule has 0 bridgehead atoms. The summed E-state index contributed by atoms with van der Waals surface area (Å²) in [4.78, 5) is 34.5. The number of hydrogen-bond donors (Lipinski definition) is 1. The molecule has 0 heterocycles. The molecule has 0 aromatic heterocycles. The van der Waals surface area contributed by atoms with Crippen molar-refractivity contribution < 1.29 is 24.2 Å². The molecule has 0 radical (unpaired) electrons. The molecule has 1 aromatic rings. The van der Waals surface area contributed by atoms with Gasteiger partial charge in [0, 0.05) is 12.3 Å². The van der Waals surface area contributed by atoms with E-state index in [9.17, 15) is 19.5 Å². The van der Waals surface area contributed by atoms with Crippen LogP contribution in [0.4, 0.5) is 0 Å². The van der Waals surface area contributed by atoms with Gasteiger partial charge in [0.15, 0.2) is 5.78 Å². The van der Waals surface area contributed by atoms with E-state index in [2.05, 4.69) is 0 Å². The van der Waals surface area contributed by atoms with Crippen molar-refractivity contribution in [3.05, 3.63) is 29.8 Å². The maximum Gasteiger partial charge on any atom is 0.314 e. The molecule has 1 aliphatic carbocycles. The molecule has 1 aromatic carbocycles. The van der Waals surface area contributed by atoms with E-state index in [1.165, 1.54) is 7.11 Å². The quantitative estimate of drug-likeness (QED) is 0.833. The van der Waals surface area contributed by atoms with Gasteiger partial charge in [-0.1, -0.05) is 12.1 Å². The van der Waals surface area contributed by atoms with Crippen LogP contribution in [0.15, 0.2) is 24.3 Å². The number of carbonyl (C=O) groups is 3. The van der Waals surface area contributed by atoms with E-state index in [0.717, 1.165) is 0 Å². The Morgan fingerprint density at radius 2 is 1.89 bits per heavy atom. The minimum atomic E-state index is -1.17. The van der Waals surface area contributed by atoms with Crippen molar-refractivity contribution in [2.75, 3.05) is 7.11 Å². The summed E-state index contributed by atoms with van der Waals surface area (Å²) in [7, 11) is 1.53. The number of carboxylic acid groups (broad SMARTS) is 1. The summed E-state index contributed by atoms with van der Waals surface area (Å²) in [5.41, 5.74) is 0.676. The van der Waals surface area contributed by atoms with Crippen molar-refractivity contribution in [2.24, 2.45) is 5.92 Å². The van der Waals surface area contributed by atoms with Gasteiger partial charge in [0.05, 0.1) is 13.5 Å². The Balaban J connectivity index is 2.34. The van der Waals surface area contributed by atoms with E-state index in [1.54, 1.807) is 24.3 Å². The lowest BCUT2D eigenvalue weighted by molar-refractivity contribution is -0.149. The Hall–Kier alpha value is -2.17. The van der Waals surface area contributed by atoms with Crippen LogP contribution in [0.5, 0.6) is 5.75 Å². The molecule has 0 amide bonds. The summed E-state index contributed by atoms with van der Waals surface area (Å²) in [5, 5.41) is 9.17. The molecule has 5 heteroatoms. The Labute approximate surface area is 110 Å². The summed E-state index contributed by atoms with van der Waals surface area (Å²) < 4.78 is 5.02. The van der Waals surface area contributed by atoms with Crippen LogP contribution in [0.3, 0.4) is 0 Å². The molecule has 19 heavy (non-hydrogen) atoms. The SMILES string of the molecule is COc1ccc(C2CC(=O)CC(=O)C2C(=O)O)cc1. The maximum atomic E-state index is 11.7. The van der Waals surface area contributed by atoms with Crippen molar-refractivity contribution >= 4 is 17.5 Å². The molecule has 2 rings (SSSR count). The number of Topliss-reactive ketones (excluding diaryl/α,β-unsaturated/α-hetero) is 2. The van der Waals surface area contributed by atoms with Crippen LogP contribution in [-0.2, 0) is 14.4 Å². The fraction of sp³-hybridized carbons (Fsp3) is 0.357. The molecule has 1 aliphatic rings. The van der Waals surface area contributed by atoms with Gasteiger partial charge in [-0.25, -0.2) is 0 Å². The van der Waals surface area contributed by atoms with Crippen molar-refractivity contribution in [1.29, 1.82) is 0 Å². The highest BCUT2D eigenvalue weighted by molar-refractivity contribution is 6.10. The molecular weight excluding hydrogens is 248 g/mol. The topological polar surface area (TPSA) is 80.7 Å². The third kappa shape index (κ3) is 2.65. The average molecular weight is 262 g/mol. The fourth-order valence-corrected chi connectivity index (χ4v) is 2.44. The predicted octanol–water partition coefficient (Wildman–Crippen LogP) is 1.41. The van der Waals surface area contributed by atoms with Crippen molar-refractivity contribution in [3.8, 4) is 5.75 Å². The standard InChI is InChI=1S/C14H14O5/c1-19-10-4-2-8(3-5-10)11-6-9(15)7-12(16)13(11)14(17)18/h2-5,11,13H,6-7H2,1H3,(H,17,18). The number of aliphatic carboxylic acids is 1. The second-order valence-electron chi connectivity index (χ2n) is 4.58. The number of rotatable bonds is 3. The molecule has 0 saturated heterocycles. The van der Waals surface area contributed by atoms with Crippen LogP contribution < -0.4 is 4.74 Å². The van der Waals surface area contributed by atoms with Crippen LogP contribution >= 0.6 is 0 Å². The van der Waals surface area contributed by atoms with Gasteiger partial charge < -0.3 is 9.84 Å². The van der Waals surface area contributed by atoms with Gasteiger partial charge in [-0.05, 0) is 17.7 Å². The number of hydrogen-bond acceptors (Lipinski definition) is 4. The van der Waals surface area contributed by atoms with Crippen molar-refractivity contribution in [2.45, 2.75) is 18.8 Å². The number of ketones is 2. The van der Waals surface area contributed by atoms with E-state index in [0.29, 0.717) is 11.3 Å². The summed E-state index contributed by atoms with van der Waals surface area (Å²) in [5.74, 6) is -2.96. The Kier molecular flexibility index (Phi) is 3.64. The third-order valence-electron chi connectivity index (χ3n) is 3.38. The van der Waals surface area contributed by atoms with Crippen LogP contribution in [-0.4, -0.2) is 29.8 Å². The Morgan fingerprint density at radius 3 is 2.42 bits per heavy atom. The zero-order valence-electron chi connectivity index (χ0n) is 10.5. The minimum Gasteiger partial charge on any atom is -0.497 e. The highest BCUT2D eigenvalue weighted by Gasteiger charge is 2.41. The maximum absolute atomic E-state index is 11.7. The van der Waals surface area contributed by atoms with Gasteiger partial charge in [0.25, 0.3) is 0 Å². The smallest absolute Gasteiger partial charge is 0.314 e. The van der Waals surface area contributed by atoms with Crippen molar-refractivity contribution in [1.82, 2.24) is 0 Å². The predicted molar refractivity (Wildman–Crippen MR) is 66.1 cm³/mol. The number of benzene rings is 1. The first-order valence-corrected chi connectivity index (χ1v) is 5.94. The largest absolute Gasteiger partial charge is 0.497 e. The molecule has 1 N–H and O–H groups in total. The summed E-state index contributed by atoms with van der Waals surface area (Å²) in [6.45, 7) is 0. The lowest BCUT2D eigenvalue weighted by atomic mass is 9.74. The van der Waals surface area contributed by atoms with Gasteiger partial charge in [-0.2, -0.15) is 0 Å². The second-order valence-corrected chi connectivity index (χ2v) is 4.58. The third-order valence-corrected chi connectivity index (χ3v) is 3.38. The second kappa shape index (κ2) is 5.22. The fourth-order valence-electron chi connectivity index (χ4n) is 2.44. The number of carbonyl (C=O) groups excluding carboxylic acids is 2. The Morgan fingerprint density at radius 1 is 1.26 bits per heavy atom. The monoisotopic (exact) mass is 262 g/mol. The molecule has 5 nitrogen and oxygen atoms in total. The molecule has 1 fully saturated rings. The average Bonchev–Trinajstić information content (AvgIpc) is 2.37. The molecule has 2 atom stereocenters. The van der Waals surface area contributed by atoms with Gasteiger partial charge in [-0.3, -0.25) is 14.4 Å². The molecule has 100 valence electrons. The van der Waals surface area contributed by atoms with E-state index in [1.807, 2.05) is 0 Å². The first kappa shape index (κ1) is 13.3. The molecular formula is C14H14O5. The first-order valence-electron chi connectivity index (χ1n) is 5.94. The lowest BCUT2D eigenvalue weighted by Crippen LogP contribution is -2.37. The van der Waals surface area contributed by atoms with E-state index < -0.39 is 23.6 Å². The van der Waals surface area contributed by atoms with Crippen LogP contribution in [0, 0.1) is 5.92 Å². The summed E-state index contributed by atoms with van der Waals surface area (Å²) >= 11 is 0. The highest BCUT2D eigenvalue weighted by atomic mass is 16.5. The summed E-state index contributed by atoms with van der Waals surface area (Å²) in [6.07, 6.45) is -0.182. The summed E-state index contributed by atoms with van der Waals surface area (Å²) in [6, 6.07) is 6.78.